The van der Waals surface area contributed by atoms with Crippen molar-refractivity contribution < 1.29 is 14.3 Å². The highest BCUT2D eigenvalue weighted by atomic mass is 16.5. The summed E-state index contributed by atoms with van der Waals surface area (Å²) in [4.78, 5) is 14.5. The van der Waals surface area contributed by atoms with Crippen LogP contribution in [0.1, 0.15) is 24.5 Å². The summed E-state index contributed by atoms with van der Waals surface area (Å²) < 4.78 is 10.8. The molecule has 1 aromatic rings. The van der Waals surface area contributed by atoms with E-state index in [9.17, 15) is 4.79 Å². The predicted octanol–water partition coefficient (Wildman–Crippen LogP) is 3.22. The number of anilines is 1. The largest absolute Gasteiger partial charge is 0.468 e. The summed E-state index contributed by atoms with van der Waals surface area (Å²) in [7, 11) is 1.43. The van der Waals surface area contributed by atoms with Crippen LogP contribution in [0.3, 0.4) is 0 Å². The summed E-state index contributed by atoms with van der Waals surface area (Å²) in [5, 5.41) is 0. The second-order valence-electron chi connectivity index (χ2n) is 6.32. The van der Waals surface area contributed by atoms with E-state index in [1.807, 2.05) is 13.0 Å². The SMILES string of the molecule is C=C(C)CC1(C(=O)OC)COCN(c2c(C)cccc2C)C1. The topological polar surface area (TPSA) is 38.8 Å². The zero-order valence-corrected chi connectivity index (χ0v) is 13.9. The Kier molecular flexibility index (Phi) is 4.91. The number of carbonyl (C=O) groups excluding carboxylic acids is 1. The number of aryl methyl sites for hydroxylation is 2. The van der Waals surface area contributed by atoms with Crippen LogP contribution in [0.2, 0.25) is 0 Å². The lowest BCUT2D eigenvalue weighted by Gasteiger charge is -2.42. The van der Waals surface area contributed by atoms with Crippen molar-refractivity contribution in [3.05, 3.63) is 41.5 Å². The molecule has 0 bridgehead atoms. The fourth-order valence-electron chi connectivity index (χ4n) is 3.35. The fraction of sp³-hybridized carbons (Fsp3) is 0.500. The van der Waals surface area contributed by atoms with Crippen LogP contribution in [0.15, 0.2) is 30.4 Å². The number of esters is 1. The van der Waals surface area contributed by atoms with Crippen LogP contribution in [-0.2, 0) is 14.3 Å². The molecule has 4 nitrogen and oxygen atoms in total. The van der Waals surface area contributed by atoms with Gasteiger partial charge in [0.25, 0.3) is 0 Å². The van der Waals surface area contributed by atoms with Crippen LogP contribution in [-0.4, -0.2) is 33.0 Å². The lowest BCUT2D eigenvalue weighted by molar-refractivity contribution is -0.158. The molecule has 0 N–H and O–H groups in total. The number of carbonyl (C=O) groups is 1. The zero-order chi connectivity index (χ0) is 16.3. The summed E-state index contributed by atoms with van der Waals surface area (Å²) in [5.41, 5.74) is 3.77. The van der Waals surface area contributed by atoms with E-state index in [1.165, 1.54) is 18.2 Å². The standard InChI is InChI=1S/C18H25NO3/c1-13(2)9-18(17(20)21-5)10-19(12-22-11-18)16-14(3)7-6-8-15(16)4/h6-8H,1,9-12H2,2-5H3. The molecule has 1 aliphatic heterocycles. The molecule has 0 saturated carbocycles. The van der Waals surface area contributed by atoms with Gasteiger partial charge >= 0.3 is 5.97 Å². The minimum atomic E-state index is -0.687. The first-order valence-corrected chi connectivity index (χ1v) is 7.51. The summed E-state index contributed by atoms with van der Waals surface area (Å²) in [6, 6.07) is 6.20. The van der Waals surface area contributed by atoms with Crippen LogP contribution in [0.5, 0.6) is 0 Å². The van der Waals surface area contributed by atoms with E-state index < -0.39 is 5.41 Å². The van der Waals surface area contributed by atoms with E-state index >= 15 is 0 Å². The Bertz CT molecular complexity index is 561. The summed E-state index contributed by atoms with van der Waals surface area (Å²) in [6.07, 6.45) is 0.571. The lowest BCUT2D eigenvalue weighted by atomic mass is 9.81. The van der Waals surface area contributed by atoms with Crippen molar-refractivity contribution >= 4 is 11.7 Å². The molecule has 1 saturated heterocycles. The van der Waals surface area contributed by atoms with Crippen molar-refractivity contribution in [3.63, 3.8) is 0 Å². The number of nitrogens with zero attached hydrogens (tertiary/aromatic N) is 1. The summed E-state index contributed by atoms with van der Waals surface area (Å²) >= 11 is 0. The maximum atomic E-state index is 12.4. The molecule has 1 aromatic carbocycles. The molecule has 0 spiro atoms. The first-order valence-electron chi connectivity index (χ1n) is 7.51. The van der Waals surface area contributed by atoms with Crippen LogP contribution >= 0.6 is 0 Å². The second kappa shape index (κ2) is 6.53. The minimum Gasteiger partial charge on any atom is -0.468 e. The van der Waals surface area contributed by atoms with E-state index in [2.05, 4.69) is 37.5 Å². The maximum Gasteiger partial charge on any atom is 0.316 e. The van der Waals surface area contributed by atoms with Crippen molar-refractivity contribution in [1.82, 2.24) is 0 Å². The molecular weight excluding hydrogens is 278 g/mol. The Morgan fingerprint density at radius 3 is 2.59 bits per heavy atom. The first kappa shape index (κ1) is 16.6. The van der Waals surface area contributed by atoms with Crippen LogP contribution in [0, 0.1) is 19.3 Å². The minimum absolute atomic E-state index is 0.230. The highest BCUT2D eigenvalue weighted by Crippen LogP contribution is 2.36. The van der Waals surface area contributed by atoms with Crippen molar-refractivity contribution in [1.29, 1.82) is 0 Å². The molecular formula is C18H25NO3. The van der Waals surface area contributed by atoms with Gasteiger partial charge in [-0.1, -0.05) is 23.8 Å². The molecule has 1 unspecified atom stereocenters. The van der Waals surface area contributed by atoms with Crippen LogP contribution in [0.25, 0.3) is 0 Å². The number of rotatable bonds is 4. The number of para-hydroxylation sites is 1. The molecule has 4 heteroatoms. The Morgan fingerprint density at radius 2 is 2.05 bits per heavy atom. The first-order chi connectivity index (χ1) is 10.4. The quantitative estimate of drug-likeness (QED) is 0.632. The Hall–Kier alpha value is -1.81. The van der Waals surface area contributed by atoms with Gasteiger partial charge in [-0.05, 0) is 38.3 Å². The van der Waals surface area contributed by atoms with Gasteiger partial charge in [0, 0.05) is 12.2 Å². The van der Waals surface area contributed by atoms with Gasteiger partial charge in [-0.3, -0.25) is 4.79 Å². The molecule has 120 valence electrons. The molecule has 1 aliphatic rings. The average Bonchev–Trinajstić information content (AvgIpc) is 2.46. The van der Waals surface area contributed by atoms with Gasteiger partial charge < -0.3 is 14.4 Å². The van der Waals surface area contributed by atoms with Gasteiger partial charge in [-0.2, -0.15) is 0 Å². The van der Waals surface area contributed by atoms with Gasteiger partial charge in [0.1, 0.15) is 12.1 Å². The van der Waals surface area contributed by atoms with E-state index in [0.717, 1.165) is 11.3 Å². The Morgan fingerprint density at radius 1 is 1.41 bits per heavy atom. The maximum absolute atomic E-state index is 12.4. The van der Waals surface area contributed by atoms with E-state index in [4.69, 9.17) is 9.47 Å². The van der Waals surface area contributed by atoms with E-state index in [-0.39, 0.29) is 5.97 Å². The third-order valence-electron chi connectivity index (χ3n) is 4.13. The Labute approximate surface area is 132 Å². The summed E-state index contributed by atoms with van der Waals surface area (Å²) in [6.45, 7) is 11.5. The predicted molar refractivity (Wildman–Crippen MR) is 88.0 cm³/mol. The molecule has 2 rings (SSSR count). The molecule has 0 radical (unpaired) electrons. The molecule has 0 amide bonds. The number of methoxy groups -OCH3 is 1. The highest BCUT2D eigenvalue weighted by molar-refractivity contribution is 5.79. The van der Waals surface area contributed by atoms with E-state index in [0.29, 0.717) is 26.3 Å². The van der Waals surface area contributed by atoms with Crippen molar-refractivity contribution in [2.75, 3.05) is 31.9 Å². The molecule has 0 aliphatic carbocycles. The number of benzene rings is 1. The fourth-order valence-corrected chi connectivity index (χ4v) is 3.35. The molecule has 0 aromatic heterocycles. The van der Waals surface area contributed by atoms with Crippen molar-refractivity contribution in [3.8, 4) is 0 Å². The highest BCUT2D eigenvalue weighted by Gasteiger charge is 2.44. The zero-order valence-electron chi connectivity index (χ0n) is 13.9. The number of hydrogen-bond acceptors (Lipinski definition) is 4. The molecule has 1 atom stereocenters. The van der Waals surface area contributed by atoms with E-state index in [1.54, 1.807) is 0 Å². The van der Waals surface area contributed by atoms with Crippen molar-refractivity contribution in [2.24, 2.45) is 5.41 Å². The monoisotopic (exact) mass is 303 g/mol. The molecule has 1 heterocycles. The normalized spacial score (nSPS) is 21.5. The van der Waals surface area contributed by atoms with Crippen LogP contribution < -0.4 is 4.90 Å². The average molecular weight is 303 g/mol. The van der Waals surface area contributed by atoms with Gasteiger partial charge in [0.2, 0.25) is 0 Å². The summed E-state index contributed by atoms with van der Waals surface area (Å²) in [5.74, 6) is -0.230. The molecule has 1 fully saturated rings. The second-order valence-corrected chi connectivity index (χ2v) is 6.32. The van der Waals surface area contributed by atoms with Gasteiger partial charge in [-0.25, -0.2) is 0 Å². The van der Waals surface area contributed by atoms with Gasteiger partial charge in [0.15, 0.2) is 0 Å². The van der Waals surface area contributed by atoms with Crippen LogP contribution in [0.4, 0.5) is 5.69 Å². The third kappa shape index (κ3) is 3.17. The van der Waals surface area contributed by atoms with Gasteiger partial charge in [0.05, 0.1) is 13.7 Å². The smallest absolute Gasteiger partial charge is 0.316 e. The Balaban J connectivity index is 2.37. The van der Waals surface area contributed by atoms with Crippen molar-refractivity contribution in [2.45, 2.75) is 27.2 Å². The number of hydrogen-bond donors (Lipinski definition) is 0. The third-order valence-corrected chi connectivity index (χ3v) is 4.13. The number of ether oxygens (including phenoxy) is 2. The van der Waals surface area contributed by atoms with Gasteiger partial charge in [-0.15, -0.1) is 6.58 Å². The number of allylic oxidation sites excluding steroid dienone is 1. The lowest BCUT2D eigenvalue weighted by Crippen LogP contribution is -2.52. The molecule has 22 heavy (non-hydrogen) atoms.